The van der Waals surface area contributed by atoms with Crippen LogP contribution in [0.1, 0.15) is 19.5 Å². The lowest BCUT2D eigenvalue weighted by atomic mass is 10.1. The Morgan fingerprint density at radius 2 is 2.17 bits per heavy atom. The number of halogens is 2. The van der Waals surface area contributed by atoms with Crippen LogP contribution < -0.4 is 5.32 Å². The highest BCUT2D eigenvalue weighted by Gasteiger charge is 2.11. The lowest BCUT2D eigenvalue weighted by Gasteiger charge is -2.03. The van der Waals surface area contributed by atoms with Crippen LogP contribution in [0, 0.1) is 5.82 Å². The number of nitrogens with one attached hydrogen (secondary N) is 1. The van der Waals surface area contributed by atoms with Gasteiger partial charge in [-0.3, -0.25) is 0 Å². The zero-order valence-electron chi connectivity index (χ0n) is 10.2. The van der Waals surface area contributed by atoms with Crippen molar-refractivity contribution in [3.63, 3.8) is 0 Å². The number of rotatable bonds is 4. The number of benzene rings is 1. The molecule has 0 bridgehead atoms. The van der Waals surface area contributed by atoms with Gasteiger partial charge in [0.05, 0.1) is 11.3 Å². The summed E-state index contributed by atoms with van der Waals surface area (Å²) in [6.45, 7) is 4.71. The summed E-state index contributed by atoms with van der Waals surface area (Å²) in [6.07, 6.45) is 0. The van der Waals surface area contributed by atoms with Crippen molar-refractivity contribution in [2.45, 2.75) is 26.4 Å². The molecule has 96 valence electrons. The fourth-order valence-electron chi connectivity index (χ4n) is 1.52. The van der Waals surface area contributed by atoms with Gasteiger partial charge >= 0.3 is 0 Å². The largest absolute Gasteiger partial charge is 0.356 e. The molecule has 1 N–H and O–H groups in total. The number of hydrogen-bond donors (Lipinski definition) is 1. The molecule has 1 heterocycles. The summed E-state index contributed by atoms with van der Waals surface area (Å²) >= 11 is 3.22. The first-order valence-electron chi connectivity index (χ1n) is 5.70. The summed E-state index contributed by atoms with van der Waals surface area (Å²) in [5.41, 5.74) is 1.18. The van der Waals surface area contributed by atoms with E-state index in [-0.39, 0.29) is 5.82 Å². The molecule has 0 fully saturated rings. The summed E-state index contributed by atoms with van der Waals surface area (Å²) in [7, 11) is 0. The molecule has 0 aliphatic carbocycles. The molecule has 0 amide bonds. The van der Waals surface area contributed by atoms with Crippen LogP contribution in [0.3, 0.4) is 0 Å². The van der Waals surface area contributed by atoms with Gasteiger partial charge in [-0.25, -0.2) is 4.39 Å². The highest BCUT2D eigenvalue weighted by molar-refractivity contribution is 9.10. The highest BCUT2D eigenvalue weighted by Crippen LogP contribution is 2.26. The quantitative estimate of drug-likeness (QED) is 0.934. The van der Waals surface area contributed by atoms with Gasteiger partial charge in [0.2, 0.25) is 0 Å². The van der Waals surface area contributed by atoms with E-state index in [9.17, 15) is 4.39 Å². The van der Waals surface area contributed by atoms with Crippen molar-refractivity contribution in [1.82, 2.24) is 10.5 Å². The fourth-order valence-corrected chi connectivity index (χ4v) is 1.85. The maximum absolute atomic E-state index is 13.7. The number of hydrogen-bond acceptors (Lipinski definition) is 3. The van der Waals surface area contributed by atoms with Crippen LogP contribution in [-0.4, -0.2) is 11.2 Å². The average Bonchev–Trinajstić information content (AvgIpc) is 2.75. The Kier molecular flexibility index (Phi) is 4.14. The first kappa shape index (κ1) is 13.2. The van der Waals surface area contributed by atoms with Crippen molar-refractivity contribution in [3.05, 3.63) is 40.2 Å². The first-order chi connectivity index (χ1) is 8.56. The Hall–Kier alpha value is -1.20. The summed E-state index contributed by atoms with van der Waals surface area (Å²) in [5, 5.41) is 7.14. The molecule has 3 nitrogen and oxygen atoms in total. The number of nitrogens with zero attached hydrogens (tertiary/aromatic N) is 1. The predicted octanol–water partition coefficient (Wildman–Crippen LogP) is 3.74. The van der Waals surface area contributed by atoms with Crippen LogP contribution in [0.4, 0.5) is 4.39 Å². The maximum atomic E-state index is 13.7. The van der Waals surface area contributed by atoms with Gasteiger partial charge in [0.1, 0.15) is 5.82 Å². The molecule has 18 heavy (non-hydrogen) atoms. The molecule has 0 aliphatic rings. The first-order valence-corrected chi connectivity index (χ1v) is 6.50. The van der Waals surface area contributed by atoms with Gasteiger partial charge in [0, 0.05) is 23.1 Å². The SMILES string of the molecule is CC(C)NCc1cc(-c2ccc(Br)cc2F)on1. The normalized spacial score (nSPS) is 11.2. The molecule has 0 aliphatic heterocycles. The van der Waals surface area contributed by atoms with E-state index in [1.165, 1.54) is 6.07 Å². The average molecular weight is 313 g/mol. The van der Waals surface area contributed by atoms with Crippen LogP contribution in [0.15, 0.2) is 33.3 Å². The lowest BCUT2D eigenvalue weighted by Crippen LogP contribution is -2.21. The Labute approximate surface area is 113 Å². The van der Waals surface area contributed by atoms with E-state index in [1.807, 2.05) is 0 Å². The Balaban J connectivity index is 2.18. The highest BCUT2D eigenvalue weighted by atomic mass is 79.9. The molecular weight excluding hydrogens is 299 g/mol. The van der Waals surface area contributed by atoms with Crippen molar-refractivity contribution in [3.8, 4) is 11.3 Å². The topological polar surface area (TPSA) is 38.1 Å². The second-order valence-corrected chi connectivity index (χ2v) is 5.26. The van der Waals surface area contributed by atoms with Gasteiger partial charge in [-0.05, 0) is 18.2 Å². The lowest BCUT2D eigenvalue weighted by molar-refractivity contribution is 0.415. The maximum Gasteiger partial charge on any atom is 0.170 e. The number of aromatic nitrogens is 1. The third kappa shape index (κ3) is 3.17. The zero-order valence-corrected chi connectivity index (χ0v) is 11.8. The van der Waals surface area contributed by atoms with E-state index in [4.69, 9.17) is 4.52 Å². The minimum Gasteiger partial charge on any atom is -0.356 e. The van der Waals surface area contributed by atoms with Crippen LogP contribution in [0.25, 0.3) is 11.3 Å². The van der Waals surface area contributed by atoms with Crippen LogP contribution in [-0.2, 0) is 6.54 Å². The molecule has 0 atom stereocenters. The van der Waals surface area contributed by atoms with Crippen molar-refractivity contribution >= 4 is 15.9 Å². The Morgan fingerprint density at radius 3 is 2.83 bits per heavy atom. The molecule has 1 aromatic heterocycles. The molecule has 1 aromatic carbocycles. The summed E-state index contributed by atoms with van der Waals surface area (Å²) in [6, 6.07) is 6.97. The standard InChI is InChI=1S/C13H14BrFN2O/c1-8(2)16-7-10-6-13(18-17-10)11-4-3-9(14)5-12(11)15/h3-6,8,16H,7H2,1-2H3. The molecule has 5 heteroatoms. The fraction of sp³-hybridized carbons (Fsp3) is 0.308. The van der Waals surface area contributed by atoms with Crippen LogP contribution >= 0.6 is 15.9 Å². The summed E-state index contributed by atoms with van der Waals surface area (Å²) < 4.78 is 19.6. The molecule has 2 rings (SSSR count). The van der Waals surface area contributed by atoms with E-state index in [2.05, 4.69) is 40.3 Å². The smallest absolute Gasteiger partial charge is 0.170 e. The molecule has 0 saturated carbocycles. The molecule has 2 aromatic rings. The van der Waals surface area contributed by atoms with E-state index in [1.54, 1.807) is 18.2 Å². The van der Waals surface area contributed by atoms with Crippen molar-refractivity contribution in [2.75, 3.05) is 0 Å². The van der Waals surface area contributed by atoms with Gasteiger partial charge in [-0.15, -0.1) is 0 Å². The van der Waals surface area contributed by atoms with E-state index in [0.29, 0.717) is 28.4 Å². The van der Waals surface area contributed by atoms with E-state index in [0.717, 1.165) is 5.69 Å². The van der Waals surface area contributed by atoms with Gasteiger partial charge in [-0.2, -0.15) is 0 Å². The van der Waals surface area contributed by atoms with E-state index >= 15 is 0 Å². The van der Waals surface area contributed by atoms with Crippen molar-refractivity contribution in [1.29, 1.82) is 0 Å². The van der Waals surface area contributed by atoms with Gasteiger partial charge in [-0.1, -0.05) is 34.9 Å². The zero-order chi connectivity index (χ0) is 13.1. The summed E-state index contributed by atoms with van der Waals surface area (Å²) in [4.78, 5) is 0. The Morgan fingerprint density at radius 1 is 1.39 bits per heavy atom. The van der Waals surface area contributed by atoms with Crippen LogP contribution in [0.5, 0.6) is 0 Å². The molecule has 0 unspecified atom stereocenters. The summed E-state index contributed by atoms with van der Waals surface area (Å²) in [5.74, 6) is 0.115. The second kappa shape index (κ2) is 5.63. The molecule has 0 saturated heterocycles. The molecular formula is C13H14BrFN2O. The van der Waals surface area contributed by atoms with Gasteiger partial charge in [0.25, 0.3) is 0 Å². The van der Waals surface area contributed by atoms with Gasteiger partial charge < -0.3 is 9.84 Å². The van der Waals surface area contributed by atoms with E-state index < -0.39 is 0 Å². The third-order valence-electron chi connectivity index (χ3n) is 2.45. The molecule has 0 radical (unpaired) electrons. The van der Waals surface area contributed by atoms with Crippen LogP contribution in [0.2, 0.25) is 0 Å². The van der Waals surface area contributed by atoms with Gasteiger partial charge in [0.15, 0.2) is 5.76 Å². The minimum atomic E-state index is -0.330. The minimum absolute atomic E-state index is 0.330. The monoisotopic (exact) mass is 312 g/mol. The van der Waals surface area contributed by atoms with Crippen molar-refractivity contribution in [2.24, 2.45) is 0 Å². The third-order valence-corrected chi connectivity index (χ3v) is 2.94. The predicted molar refractivity (Wildman–Crippen MR) is 71.6 cm³/mol. The van der Waals surface area contributed by atoms with Crippen molar-refractivity contribution < 1.29 is 8.91 Å². The Bertz CT molecular complexity index is 540. The second-order valence-electron chi connectivity index (χ2n) is 4.34. The molecule has 0 spiro atoms.